The molecule has 0 fully saturated rings. The molecule has 0 spiro atoms. The number of aromatic amines is 1. The van der Waals surface area contributed by atoms with Crippen molar-refractivity contribution in [2.24, 2.45) is 0 Å². The molecule has 0 atom stereocenters. The Labute approximate surface area is 150 Å². The summed E-state index contributed by atoms with van der Waals surface area (Å²) in [5.41, 5.74) is 1.77. The van der Waals surface area contributed by atoms with E-state index in [1.165, 1.54) is 21.8 Å². The maximum absolute atomic E-state index is 13.0. The maximum Gasteiger partial charge on any atom is 0.304 e. The van der Waals surface area contributed by atoms with E-state index >= 15 is 0 Å². The van der Waals surface area contributed by atoms with Crippen molar-refractivity contribution < 1.29 is 13.2 Å². The van der Waals surface area contributed by atoms with Crippen molar-refractivity contribution in [3.63, 3.8) is 0 Å². The van der Waals surface area contributed by atoms with Gasteiger partial charge in [-0.15, -0.1) is 6.58 Å². The Morgan fingerprint density at radius 3 is 2.92 bits per heavy atom. The van der Waals surface area contributed by atoms with Crippen molar-refractivity contribution in [1.82, 2.24) is 14.5 Å². The lowest BCUT2D eigenvalue weighted by molar-refractivity contribution is 0.177. The molecule has 2 aromatic rings. The van der Waals surface area contributed by atoms with E-state index in [9.17, 15) is 8.42 Å². The molecule has 130 valence electrons. The van der Waals surface area contributed by atoms with E-state index in [1.54, 1.807) is 6.07 Å². The van der Waals surface area contributed by atoms with Crippen LogP contribution in [-0.4, -0.2) is 49.7 Å². The van der Waals surface area contributed by atoms with E-state index < -0.39 is 10.2 Å². The summed E-state index contributed by atoms with van der Waals surface area (Å²) in [4.78, 5) is 0. The molecule has 0 saturated carbocycles. The van der Waals surface area contributed by atoms with Crippen LogP contribution < -0.4 is 4.31 Å². The van der Waals surface area contributed by atoms with Crippen LogP contribution in [0.25, 0.3) is 10.9 Å². The van der Waals surface area contributed by atoms with E-state index in [0.29, 0.717) is 28.2 Å². The third-order valence-corrected chi connectivity index (χ3v) is 6.27. The van der Waals surface area contributed by atoms with Crippen molar-refractivity contribution in [3.05, 3.63) is 34.5 Å². The van der Waals surface area contributed by atoms with Crippen LogP contribution in [0.5, 0.6) is 0 Å². The molecule has 1 aromatic heterocycles. The molecule has 2 heterocycles. The monoisotopic (exact) mass is 390 g/mol. The molecule has 0 radical (unpaired) electrons. The number of benzene rings is 1. The number of rotatable bonds is 5. The maximum atomic E-state index is 13.0. The number of anilines is 1. The van der Waals surface area contributed by atoms with Crippen LogP contribution in [0.3, 0.4) is 0 Å². The Morgan fingerprint density at radius 2 is 2.25 bits per heavy atom. The van der Waals surface area contributed by atoms with Crippen LogP contribution >= 0.6 is 23.2 Å². The standard InChI is InChI=1S/C14H16Cl2N4O3S/c1-3-4-20-13-9(8-19(5-6-23-2)24(20,21)22)7-10(15)11-12(13)17-18-14(11)16/h3,7H,1,4-6,8H2,2H3,(H,17,18). The number of methoxy groups -OCH3 is 1. The zero-order valence-electron chi connectivity index (χ0n) is 12.9. The summed E-state index contributed by atoms with van der Waals surface area (Å²) in [5, 5.41) is 7.88. The van der Waals surface area contributed by atoms with Crippen molar-refractivity contribution in [1.29, 1.82) is 0 Å². The van der Waals surface area contributed by atoms with Gasteiger partial charge in [0.1, 0.15) is 0 Å². The Balaban J connectivity index is 2.24. The first kappa shape index (κ1) is 17.5. The predicted molar refractivity (Wildman–Crippen MR) is 94.9 cm³/mol. The first-order chi connectivity index (χ1) is 11.4. The van der Waals surface area contributed by atoms with E-state index in [1.807, 2.05) is 0 Å². The highest BCUT2D eigenvalue weighted by molar-refractivity contribution is 7.90. The van der Waals surface area contributed by atoms with Crippen molar-refractivity contribution in [2.75, 3.05) is 31.1 Å². The first-order valence-corrected chi connectivity index (χ1v) is 9.29. The second-order valence-electron chi connectivity index (χ2n) is 5.28. The quantitative estimate of drug-likeness (QED) is 0.795. The zero-order valence-corrected chi connectivity index (χ0v) is 15.2. The molecule has 24 heavy (non-hydrogen) atoms. The van der Waals surface area contributed by atoms with Gasteiger partial charge in [-0.3, -0.25) is 9.40 Å². The minimum Gasteiger partial charge on any atom is -0.383 e. The molecule has 0 amide bonds. The topological polar surface area (TPSA) is 78.5 Å². The highest BCUT2D eigenvalue weighted by atomic mass is 35.5. The lowest BCUT2D eigenvalue weighted by Crippen LogP contribution is -2.48. The van der Waals surface area contributed by atoms with E-state index in [-0.39, 0.29) is 24.8 Å². The molecule has 1 aromatic carbocycles. The predicted octanol–water partition coefficient (Wildman–Crippen LogP) is 2.57. The van der Waals surface area contributed by atoms with Gasteiger partial charge >= 0.3 is 10.2 Å². The molecule has 1 N–H and O–H groups in total. The molecule has 7 nitrogen and oxygen atoms in total. The molecule has 0 aliphatic carbocycles. The lowest BCUT2D eigenvalue weighted by Gasteiger charge is -2.37. The third kappa shape index (κ3) is 2.68. The number of aromatic nitrogens is 2. The van der Waals surface area contributed by atoms with Crippen molar-refractivity contribution in [2.45, 2.75) is 6.54 Å². The van der Waals surface area contributed by atoms with Gasteiger partial charge in [-0.2, -0.15) is 17.8 Å². The Morgan fingerprint density at radius 1 is 1.50 bits per heavy atom. The Hall–Kier alpha value is -1.32. The minimum absolute atomic E-state index is 0.117. The molecule has 1 aliphatic heterocycles. The number of halogens is 2. The van der Waals surface area contributed by atoms with Gasteiger partial charge in [0.2, 0.25) is 0 Å². The highest BCUT2D eigenvalue weighted by Crippen LogP contribution is 2.42. The second kappa shape index (κ2) is 6.53. The minimum atomic E-state index is -3.73. The number of H-pyrrole nitrogens is 1. The Bertz CT molecular complexity index is 897. The summed E-state index contributed by atoms with van der Waals surface area (Å²) in [7, 11) is -2.20. The summed E-state index contributed by atoms with van der Waals surface area (Å²) in [6.07, 6.45) is 1.53. The molecule has 0 saturated heterocycles. The summed E-state index contributed by atoms with van der Waals surface area (Å²) < 4.78 is 33.6. The van der Waals surface area contributed by atoms with E-state index in [0.717, 1.165) is 5.56 Å². The number of hydrogen-bond acceptors (Lipinski definition) is 4. The number of nitrogens with one attached hydrogen (secondary N) is 1. The molecule has 3 rings (SSSR count). The normalized spacial score (nSPS) is 17.2. The summed E-state index contributed by atoms with van der Waals surface area (Å²) in [6.45, 7) is 4.50. The van der Waals surface area contributed by atoms with Crippen LogP contribution in [0.15, 0.2) is 18.7 Å². The van der Waals surface area contributed by atoms with Gasteiger partial charge < -0.3 is 4.74 Å². The average molecular weight is 391 g/mol. The fourth-order valence-electron chi connectivity index (χ4n) is 2.79. The van der Waals surface area contributed by atoms with Crippen molar-refractivity contribution >= 4 is 50.0 Å². The smallest absolute Gasteiger partial charge is 0.304 e. The van der Waals surface area contributed by atoms with Gasteiger partial charge in [-0.1, -0.05) is 29.3 Å². The average Bonchev–Trinajstić information content (AvgIpc) is 2.91. The SMILES string of the molecule is C=CCN1c2c(cc(Cl)c3c(Cl)n[nH]c23)CN(CCOC)S1(=O)=O. The number of fused-ring (bicyclic) bond motifs is 3. The van der Waals surface area contributed by atoms with Crippen molar-refractivity contribution in [3.8, 4) is 0 Å². The van der Waals surface area contributed by atoms with Gasteiger partial charge in [0.15, 0.2) is 5.15 Å². The number of hydrogen-bond donors (Lipinski definition) is 1. The largest absolute Gasteiger partial charge is 0.383 e. The number of ether oxygens (including phenoxy) is 1. The van der Waals surface area contributed by atoms with Crippen LogP contribution in [0.2, 0.25) is 10.2 Å². The molecule has 10 heteroatoms. The summed E-state index contributed by atoms with van der Waals surface area (Å²) >= 11 is 12.4. The number of nitrogens with zero attached hydrogens (tertiary/aromatic N) is 3. The molecule has 0 unspecified atom stereocenters. The molecular weight excluding hydrogens is 375 g/mol. The fraction of sp³-hybridized carbons (Fsp3) is 0.357. The first-order valence-electron chi connectivity index (χ1n) is 7.14. The van der Waals surface area contributed by atoms with Gasteiger partial charge in [-0.05, 0) is 11.6 Å². The second-order valence-corrected chi connectivity index (χ2v) is 7.90. The molecule has 1 aliphatic rings. The van der Waals surface area contributed by atoms with Gasteiger partial charge in [0, 0.05) is 20.2 Å². The van der Waals surface area contributed by atoms with Gasteiger partial charge in [0.05, 0.1) is 34.8 Å². The summed E-state index contributed by atoms with van der Waals surface area (Å²) in [5.74, 6) is 0. The van der Waals surface area contributed by atoms with Crippen LogP contribution in [0.4, 0.5) is 5.69 Å². The summed E-state index contributed by atoms with van der Waals surface area (Å²) in [6, 6.07) is 1.73. The van der Waals surface area contributed by atoms with Gasteiger partial charge in [0.25, 0.3) is 0 Å². The van der Waals surface area contributed by atoms with Crippen LogP contribution in [0.1, 0.15) is 5.56 Å². The third-order valence-electron chi connectivity index (χ3n) is 3.84. The highest BCUT2D eigenvalue weighted by Gasteiger charge is 2.38. The Kier molecular flexibility index (Phi) is 4.76. The van der Waals surface area contributed by atoms with Gasteiger partial charge in [-0.25, -0.2) is 0 Å². The zero-order chi connectivity index (χ0) is 17.5. The lowest BCUT2D eigenvalue weighted by atomic mass is 10.1. The van der Waals surface area contributed by atoms with E-state index in [2.05, 4.69) is 16.8 Å². The van der Waals surface area contributed by atoms with E-state index in [4.69, 9.17) is 27.9 Å². The van der Waals surface area contributed by atoms with Crippen LogP contribution in [-0.2, 0) is 21.5 Å². The fourth-order valence-corrected chi connectivity index (χ4v) is 5.01. The molecular formula is C14H16Cl2N4O3S. The molecule has 0 bridgehead atoms. The van der Waals surface area contributed by atoms with Crippen LogP contribution in [0, 0.1) is 0 Å².